The number of aromatic carboxylic acids is 1. The summed E-state index contributed by atoms with van der Waals surface area (Å²) in [4.78, 5) is 18.8. The Hall–Kier alpha value is -2.21. The normalized spacial score (nSPS) is 9.68. The van der Waals surface area contributed by atoms with Crippen molar-refractivity contribution >= 4 is 28.6 Å². The molecule has 0 saturated carbocycles. The average molecular weight is 367 g/mol. The van der Waals surface area contributed by atoms with E-state index in [-0.39, 0.29) is 22.9 Å². The molecule has 7 heteroatoms. The Kier molecular flexibility index (Phi) is 3.91. The van der Waals surface area contributed by atoms with Crippen LogP contribution in [-0.4, -0.2) is 21.0 Å². The molecule has 0 radical (unpaired) electrons. The number of halogens is 1. The van der Waals surface area contributed by atoms with E-state index in [1.807, 2.05) is 28.7 Å². The highest BCUT2D eigenvalue weighted by molar-refractivity contribution is 14.1. The molecule has 0 saturated heterocycles. The third kappa shape index (κ3) is 3.17. The van der Waals surface area contributed by atoms with Crippen molar-refractivity contribution in [2.24, 2.45) is 0 Å². The number of carbonyl (C=O) groups is 1. The summed E-state index contributed by atoms with van der Waals surface area (Å²) in [6.07, 6.45) is 2.52. The van der Waals surface area contributed by atoms with E-state index < -0.39 is 5.97 Å². The molecular weight excluding hydrogens is 361 g/mol. The van der Waals surface area contributed by atoms with Crippen molar-refractivity contribution in [2.45, 2.75) is 0 Å². The molecule has 1 aromatic heterocycles. The van der Waals surface area contributed by atoms with Crippen LogP contribution in [0.15, 0.2) is 30.6 Å². The van der Waals surface area contributed by atoms with Crippen LogP contribution in [0.25, 0.3) is 0 Å². The fourth-order valence-corrected chi connectivity index (χ4v) is 1.79. The van der Waals surface area contributed by atoms with Crippen LogP contribution in [-0.2, 0) is 0 Å². The van der Waals surface area contributed by atoms with Gasteiger partial charge in [-0.15, -0.1) is 0 Å². The third-order valence-electron chi connectivity index (χ3n) is 2.13. The largest absolute Gasteiger partial charge is 0.478 e. The quantitative estimate of drug-likeness (QED) is 0.838. The predicted octanol–water partition coefficient (Wildman–Crippen LogP) is 2.44. The fraction of sp³-hybridized carbons (Fsp3) is 0. The molecule has 0 unspecified atom stereocenters. The van der Waals surface area contributed by atoms with Gasteiger partial charge in [0.1, 0.15) is 17.4 Å². The Balaban J connectivity index is 2.32. The van der Waals surface area contributed by atoms with Crippen LogP contribution < -0.4 is 4.74 Å². The summed E-state index contributed by atoms with van der Waals surface area (Å²) in [5.74, 6) is -0.787. The van der Waals surface area contributed by atoms with Crippen LogP contribution in [0.2, 0.25) is 0 Å². The summed E-state index contributed by atoms with van der Waals surface area (Å²) in [5.41, 5.74) is 0.200. The van der Waals surface area contributed by atoms with E-state index in [2.05, 4.69) is 9.97 Å². The first-order chi connectivity index (χ1) is 9.10. The number of nitriles is 1. The fourth-order valence-electron chi connectivity index (χ4n) is 1.30. The van der Waals surface area contributed by atoms with Gasteiger partial charge in [0.2, 0.25) is 5.88 Å². The Labute approximate surface area is 121 Å². The summed E-state index contributed by atoms with van der Waals surface area (Å²) in [6, 6.07) is 6.59. The summed E-state index contributed by atoms with van der Waals surface area (Å²) in [7, 11) is 0. The van der Waals surface area contributed by atoms with E-state index in [0.717, 1.165) is 3.57 Å². The van der Waals surface area contributed by atoms with E-state index in [1.165, 1.54) is 18.5 Å². The smallest absolute Gasteiger partial charge is 0.339 e. The minimum absolute atomic E-state index is 0.0399. The number of ether oxygens (including phenoxy) is 1. The lowest BCUT2D eigenvalue weighted by molar-refractivity contribution is 0.0694. The molecule has 1 heterocycles. The van der Waals surface area contributed by atoms with Crippen molar-refractivity contribution in [3.8, 4) is 17.7 Å². The number of hydrogen-bond donors (Lipinski definition) is 1. The topological polar surface area (TPSA) is 96.1 Å². The molecule has 1 N–H and O–H groups in total. The Morgan fingerprint density at radius 2 is 2.16 bits per heavy atom. The molecule has 6 nitrogen and oxygen atoms in total. The number of aromatic nitrogens is 2. The van der Waals surface area contributed by atoms with Crippen LogP contribution in [0.1, 0.15) is 16.1 Å². The monoisotopic (exact) mass is 367 g/mol. The molecule has 2 aromatic rings. The highest BCUT2D eigenvalue weighted by Gasteiger charge is 2.13. The number of nitrogens with zero attached hydrogens (tertiary/aromatic N) is 3. The molecule has 0 fully saturated rings. The van der Waals surface area contributed by atoms with Crippen LogP contribution >= 0.6 is 22.6 Å². The highest BCUT2D eigenvalue weighted by atomic mass is 127. The van der Waals surface area contributed by atoms with E-state index in [4.69, 9.17) is 15.1 Å². The van der Waals surface area contributed by atoms with Crippen LogP contribution in [0, 0.1) is 14.9 Å². The lowest BCUT2D eigenvalue weighted by Gasteiger charge is -2.07. The number of hydrogen-bond acceptors (Lipinski definition) is 5. The lowest BCUT2D eigenvalue weighted by atomic mass is 10.2. The zero-order valence-electron chi connectivity index (χ0n) is 9.37. The summed E-state index contributed by atoms with van der Waals surface area (Å²) in [5, 5.41) is 17.7. The molecular formula is C12H6IN3O3. The molecule has 0 bridgehead atoms. The summed E-state index contributed by atoms with van der Waals surface area (Å²) >= 11 is 2.01. The molecule has 0 amide bonds. The third-order valence-corrected chi connectivity index (χ3v) is 2.80. The zero-order chi connectivity index (χ0) is 13.8. The van der Waals surface area contributed by atoms with Crippen molar-refractivity contribution in [1.82, 2.24) is 9.97 Å². The lowest BCUT2D eigenvalue weighted by Crippen LogP contribution is -2.01. The van der Waals surface area contributed by atoms with Crippen molar-refractivity contribution in [1.29, 1.82) is 5.26 Å². The second-order valence-corrected chi connectivity index (χ2v) is 4.65. The molecule has 94 valence electrons. The van der Waals surface area contributed by atoms with Crippen molar-refractivity contribution in [2.75, 3.05) is 0 Å². The molecule has 0 spiro atoms. The van der Waals surface area contributed by atoms with Gasteiger partial charge in [-0.3, -0.25) is 0 Å². The van der Waals surface area contributed by atoms with E-state index in [1.54, 1.807) is 12.1 Å². The van der Waals surface area contributed by atoms with Gasteiger partial charge in [-0.05, 0) is 40.8 Å². The van der Waals surface area contributed by atoms with E-state index >= 15 is 0 Å². The van der Waals surface area contributed by atoms with Crippen LogP contribution in [0.5, 0.6) is 11.6 Å². The van der Waals surface area contributed by atoms with Gasteiger partial charge in [-0.25, -0.2) is 14.8 Å². The number of carboxylic acids is 1. The molecule has 0 atom stereocenters. The number of rotatable bonds is 3. The first-order valence-corrected chi connectivity index (χ1v) is 6.11. The second kappa shape index (κ2) is 5.62. The summed E-state index contributed by atoms with van der Waals surface area (Å²) in [6.45, 7) is 0. The standard InChI is InChI=1S/C12H6IN3O3/c13-7-1-2-10(9(3-7)12(17)18)19-11-6-15-8(4-14)5-16-11/h1-3,5-6H,(H,17,18). The minimum atomic E-state index is -1.09. The van der Waals surface area contributed by atoms with Crippen LogP contribution in [0.4, 0.5) is 0 Å². The second-order valence-electron chi connectivity index (χ2n) is 3.40. The van der Waals surface area contributed by atoms with Gasteiger partial charge in [0, 0.05) is 3.57 Å². The maximum absolute atomic E-state index is 11.1. The van der Waals surface area contributed by atoms with E-state index in [9.17, 15) is 4.79 Å². The first-order valence-electron chi connectivity index (χ1n) is 5.03. The van der Waals surface area contributed by atoms with E-state index in [0.29, 0.717) is 0 Å². The van der Waals surface area contributed by atoms with Crippen LogP contribution in [0.3, 0.4) is 0 Å². The summed E-state index contributed by atoms with van der Waals surface area (Å²) < 4.78 is 6.14. The maximum Gasteiger partial charge on any atom is 0.339 e. The molecule has 0 aliphatic heterocycles. The van der Waals surface area contributed by atoms with Gasteiger partial charge in [0.25, 0.3) is 0 Å². The van der Waals surface area contributed by atoms with Crippen molar-refractivity contribution in [3.05, 3.63) is 45.4 Å². The molecule has 0 aliphatic carbocycles. The minimum Gasteiger partial charge on any atom is -0.478 e. The molecule has 0 aliphatic rings. The highest BCUT2D eigenvalue weighted by Crippen LogP contribution is 2.25. The molecule has 2 rings (SSSR count). The van der Waals surface area contributed by atoms with Gasteiger partial charge in [0.05, 0.1) is 12.4 Å². The molecule has 1 aromatic carbocycles. The first kappa shape index (κ1) is 13.2. The maximum atomic E-state index is 11.1. The van der Waals surface area contributed by atoms with Crippen molar-refractivity contribution in [3.63, 3.8) is 0 Å². The Morgan fingerprint density at radius 3 is 2.74 bits per heavy atom. The average Bonchev–Trinajstić information content (AvgIpc) is 2.41. The van der Waals surface area contributed by atoms with Gasteiger partial charge in [-0.2, -0.15) is 5.26 Å². The number of carboxylic acid groups (broad SMARTS) is 1. The van der Waals surface area contributed by atoms with Crippen molar-refractivity contribution < 1.29 is 14.6 Å². The SMILES string of the molecule is N#Cc1cnc(Oc2ccc(I)cc2C(=O)O)cn1. The molecule has 19 heavy (non-hydrogen) atoms. The van der Waals surface area contributed by atoms with Gasteiger partial charge < -0.3 is 9.84 Å². The zero-order valence-corrected chi connectivity index (χ0v) is 11.5. The Bertz CT molecular complexity index is 665. The Morgan fingerprint density at radius 1 is 1.37 bits per heavy atom. The predicted molar refractivity (Wildman–Crippen MR) is 72.9 cm³/mol. The van der Waals surface area contributed by atoms with Gasteiger partial charge in [0.15, 0.2) is 5.69 Å². The number of benzene rings is 1. The van der Waals surface area contributed by atoms with Gasteiger partial charge >= 0.3 is 5.97 Å². The van der Waals surface area contributed by atoms with Gasteiger partial charge in [-0.1, -0.05) is 0 Å².